The Kier molecular flexibility index (Phi) is 5.89. The van der Waals surface area contributed by atoms with Crippen LogP contribution in [0.1, 0.15) is 36.8 Å². The zero-order valence-electron chi connectivity index (χ0n) is 15.9. The summed E-state index contributed by atoms with van der Waals surface area (Å²) in [5, 5.41) is 5.51. The third-order valence-electron chi connectivity index (χ3n) is 3.97. The lowest BCUT2D eigenvalue weighted by molar-refractivity contribution is 0.00616. The van der Waals surface area contributed by atoms with Crippen molar-refractivity contribution in [1.29, 1.82) is 0 Å². The van der Waals surface area contributed by atoms with Crippen molar-refractivity contribution in [3.05, 3.63) is 68.2 Å². The Bertz CT molecular complexity index is 1040. The normalized spacial score (nSPS) is 11.5. The van der Waals surface area contributed by atoms with Crippen LogP contribution in [0.5, 0.6) is 0 Å². The summed E-state index contributed by atoms with van der Waals surface area (Å²) in [6.07, 6.45) is 0. The van der Waals surface area contributed by atoms with Crippen LogP contribution in [-0.4, -0.2) is 21.4 Å². The molecule has 0 N–H and O–H groups in total. The predicted octanol–water partition coefficient (Wildman–Crippen LogP) is 6.87. The number of halogens is 3. The van der Waals surface area contributed by atoms with E-state index in [9.17, 15) is 4.79 Å². The van der Waals surface area contributed by atoms with Gasteiger partial charge in [0.05, 0.1) is 16.4 Å². The lowest BCUT2D eigenvalue weighted by Gasteiger charge is -2.18. The first-order chi connectivity index (χ1) is 13.1. The molecule has 0 aliphatic rings. The van der Waals surface area contributed by atoms with E-state index in [1.165, 1.54) is 0 Å². The van der Waals surface area contributed by atoms with Crippen LogP contribution >= 0.6 is 39.1 Å². The standard InChI is InChI=1S/C21H19BrCl2N2O2/c1-12-18(20(27)28-21(2,3)4)25-26(17-10-9-15(23)11-16(17)24)19(12)13-5-7-14(22)8-6-13/h5-11H,1-4H3. The molecule has 0 bridgehead atoms. The molecule has 0 radical (unpaired) electrons. The van der Waals surface area contributed by atoms with Crippen LogP contribution in [0.4, 0.5) is 0 Å². The smallest absolute Gasteiger partial charge is 0.359 e. The molecule has 0 aliphatic carbocycles. The van der Waals surface area contributed by atoms with Gasteiger partial charge >= 0.3 is 5.97 Å². The second-order valence-corrected chi connectivity index (χ2v) is 9.10. The Hall–Kier alpha value is -1.82. The van der Waals surface area contributed by atoms with Crippen molar-refractivity contribution in [3.63, 3.8) is 0 Å². The summed E-state index contributed by atoms with van der Waals surface area (Å²) in [5.74, 6) is -0.479. The van der Waals surface area contributed by atoms with Crippen LogP contribution in [0.2, 0.25) is 10.0 Å². The monoisotopic (exact) mass is 480 g/mol. The number of hydrogen-bond acceptors (Lipinski definition) is 3. The summed E-state index contributed by atoms with van der Waals surface area (Å²) in [6, 6.07) is 12.9. The minimum absolute atomic E-state index is 0.249. The highest BCUT2D eigenvalue weighted by molar-refractivity contribution is 9.10. The van der Waals surface area contributed by atoms with E-state index in [1.807, 2.05) is 52.0 Å². The largest absolute Gasteiger partial charge is 0.455 e. The molecule has 28 heavy (non-hydrogen) atoms. The first kappa shape index (κ1) is 20.9. The van der Waals surface area contributed by atoms with E-state index in [0.29, 0.717) is 21.3 Å². The lowest BCUT2D eigenvalue weighted by Crippen LogP contribution is -2.24. The van der Waals surface area contributed by atoms with Gasteiger partial charge in [0.15, 0.2) is 5.69 Å². The Morgan fingerprint density at radius 2 is 1.75 bits per heavy atom. The Balaban J connectivity index is 2.23. The Morgan fingerprint density at radius 1 is 1.11 bits per heavy atom. The molecule has 146 valence electrons. The van der Waals surface area contributed by atoms with E-state index in [4.69, 9.17) is 27.9 Å². The fraction of sp³-hybridized carbons (Fsp3) is 0.238. The van der Waals surface area contributed by atoms with Crippen molar-refractivity contribution in [2.75, 3.05) is 0 Å². The summed E-state index contributed by atoms with van der Waals surface area (Å²) in [4.78, 5) is 12.7. The van der Waals surface area contributed by atoms with Crippen LogP contribution in [-0.2, 0) is 4.74 Å². The minimum atomic E-state index is -0.622. The number of rotatable bonds is 3. The van der Waals surface area contributed by atoms with E-state index in [2.05, 4.69) is 21.0 Å². The molecule has 7 heteroatoms. The Morgan fingerprint density at radius 3 is 2.32 bits per heavy atom. The molecule has 3 aromatic rings. The first-order valence-corrected chi connectivity index (χ1v) is 10.2. The van der Waals surface area contributed by atoms with E-state index >= 15 is 0 Å². The van der Waals surface area contributed by atoms with E-state index < -0.39 is 11.6 Å². The van der Waals surface area contributed by atoms with Crippen molar-refractivity contribution in [2.24, 2.45) is 0 Å². The van der Waals surface area contributed by atoms with Gasteiger partial charge in [0, 0.05) is 20.6 Å². The molecule has 0 aliphatic heterocycles. The van der Waals surface area contributed by atoms with Gasteiger partial charge in [0.2, 0.25) is 0 Å². The fourth-order valence-corrected chi connectivity index (χ4v) is 3.54. The van der Waals surface area contributed by atoms with Crippen molar-refractivity contribution >= 4 is 45.1 Å². The zero-order valence-corrected chi connectivity index (χ0v) is 19.0. The highest BCUT2D eigenvalue weighted by atomic mass is 79.9. The van der Waals surface area contributed by atoms with E-state index in [1.54, 1.807) is 22.9 Å². The molecule has 0 amide bonds. The van der Waals surface area contributed by atoms with Gasteiger partial charge in [-0.25, -0.2) is 9.48 Å². The number of nitrogens with zero attached hydrogens (tertiary/aromatic N) is 2. The number of esters is 1. The third-order valence-corrected chi connectivity index (χ3v) is 5.04. The summed E-state index contributed by atoms with van der Waals surface area (Å²) < 4.78 is 8.16. The zero-order chi connectivity index (χ0) is 20.6. The second-order valence-electron chi connectivity index (χ2n) is 7.34. The highest BCUT2D eigenvalue weighted by Gasteiger charge is 2.27. The quantitative estimate of drug-likeness (QED) is 0.383. The molecule has 2 aromatic carbocycles. The predicted molar refractivity (Wildman–Crippen MR) is 117 cm³/mol. The van der Waals surface area contributed by atoms with Crippen molar-refractivity contribution in [2.45, 2.75) is 33.3 Å². The molecule has 0 spiro atoms. The molecule has 0 saturated heterocycles. The summed E-state index contributed by atoms with van der Waals surface area (Å²) in [5.41, 5.74) is 2.62. The van der Waals surface area contributed by atoms with E-state index in [0.717, 1.165) is 15.7 Å². The number of aromatic nitrogens is 2. The number of hydrogen-bond donors (Lipinski definition) is 0. The highest BCUT2D eigenvalue weighted by Crippen LogP contribution is 2.33. The Labute approximate surface area is 182 Å². The van der Waals surface area contributed by atoms with Crippen LogP contribution in [0, 0.1) is 6.92 Å². The van der Waals surface area contributed by atoms with Crippen LogP contribution in [0.25, 0.3) is 16.9 Å². The van der Waals surface area contributed by atoms with Crippen molar-refractivity contribution < 1.29 is 9.53 Å². The SMILES string of the molecule is Cc1c(C(=O)OC(C)(C)C)nn(-c2ccc(Cl)cc2Cl)c1-c1ccc(Br)cc1. The van der Waals surface area contributed by atoms with Gasteiger partial charge in [-0.1, -0.05) is 51.3 Å². The summed E-state index contributed by atoms with van der Waals surface area (Å²) in [6.45, 7) is 7.32. The minimum Gasteiger partial charge on any atom is -0.455 e. The number of carbonyl (C=O) groups excluding carboxylic acids is 1. The van der Waals surface area contributed by atoms with Gasteiger partial charge in [-0.05, 0) is 58.0 Å². The molecular weight excluding hydrogens is 463 g/mol. The van der Waals surface area contributed by atoms with Crippen molar-refractivity contribution in [3.8, 4) is 16.9 Å². The number of ether oxygens (including phenoxy) is 1. The average molecular weight is 482 g/mol. The van der Waals surface area contributed by atoms with Gasteiger partial charge in [-0.2, -0.15) is 5.10 Å². The molecular formula is C21H19BrCl2N2O2. The van der Waals surface area contributed by atoms with Crippen LogP contribution in [0.15, 0.2) is 46.9 Å². The lowest BCUT2D eigenvalue weighted by atomic mass is 10.1. The third kappa shape index (κ3) is 4.43. The van der Waals surface area contributed by atoms with Gasteiger partial charge in [-0.15, -0.1) is 0 Å². The number of benzene rings is 2. The van der Waals surface area contributed by atoms with Gasteiger partial charge in [0.25, 0.3) is 0 Å². The first-order valence-electron chi connectivity index (χ1n) is 8.61. The van der Waals surface area contributed by atoms with Crippen LogP contribution in [0.3, 0.4) is 0 Å². The number of carbonyl (C=O) groups is 1. The molecule has 4 nitrogen and oxygen atoms in total. The second kappa shape index (κ2) is 7.90. The summed E-state index contributed by atoms with van der Waals surface area (Å²) >= 11 is 15.9. The molecule has 0 unspecified atom stereocenters. The molecule has 1 heterocycles. The maximum atomic E-state index is 12.7. The fourth-order valence-electron chi connectivity index (χ4n) is 2.79. The van der Waals surface area contributed by atoms with Gasteiger partial charge in [-0.3, -0.25) is 0 Å². The molecule has 0 saturated carbocycles. The van der Waals surface area contributed by atoms with Crippen LogP contribution < -0.4 is 0 Å². The maximum Gasteiger partial charge on any atom is 0.359 e. The van der Waals surface area contributed by atoms with Crippen molar-refractivity contribution in [1.82, 2.24) is 9.78 Å². The molecule has 3 rings (SSSR count). The summed E-state index contributed by atoms with van der Waals surface area (Å²) in [7, 11) is 0. The molecule has 1 aromatic heterocycles. The average Bonchev–Trinajstić information content (AvgIpc) is 2.91. The van der Waals surface area contributed by atoms with Gasteiger partial charge < -0.3 is 4.74 Å². The maximum absolute atomic E-state index is 12.7. The molecule has 0 fully saturated rings. The van der Waals surface area contributed by atoms with Gasteiger partial charge in [0.1, 0.15) is 5.60 Å². The topological polar surface area (TPSA) is 44.1 Å². The van der Waals surface area contributed by atoms with E-state index in [-0.39, 0.29) is 5.69 Å². The molecule has 0 atom stereocenters.